The van der Waals surface area contributed by atoms with Crippen molar-refractivity contribution in [2.45, 2.75) is 0 Å². The molecule has 0 saturated carbocycles. The summed E-state index contributed by atoms with van der Waals surface area (Å²) in [6.45, 7) is 0. The number of rotatable bonds is 2. The van der Waals surface area contributed by atoms with Gasteiger partial charge < -0.3 is 24.8 Å². The number of nitrogens with zero attached hydrogens (tertiary/aromatic N) is 1. The fourth-order valence-corrected chi connectivity index (χ4v) is 2.24. The Balaban J connectivity index is 0.00000144. The summed E-state index contributed by atoms with van der Waals surface area (Å²) < 4.78 is 1.17. The summed E-state index contributed by atoms with van der Waals surface area (Å²) in [6.07, 6.45) is 0. The smallest absolute Gasteiger partial charge is 1.00 e. The molecule has 0 spiro atoms. The molecule has 0 aromatic heterocycles. The van der Waals surface area contributed by atoms with Crippen LogP contribution in [-0.2, 0) is 19.2 Å². The van der Waals surface area contributed by atoms with Crippen LogP contribution in [0.15, 0.2) is 48.5 Å². The van der Waals surface area contributed by atoms with E-state index in [1.807, 2.05) is 6.07 Å². The molecule has 0 unspecified atom stereocenters. The summed E-state index contributed by atoms with van der Waals surface area (Å²) in [7, 11) is 4.14. The fraction of sp³-hybridized carbons (Fsp3) is 0.143. The molecule has 0 saturated heterocycles. The zero-order valence-corrected chi connectivity index (χ0v) is 13.2. The second kappa shape index (κ2) is 7.82. The van der Waals surface area contributed by atoms with Crippen LogP contribution in [0.3, 0.4) is 0 Å². The standard InChI is InChI=1S/C14H14N.2ClH.Pd/c1-15(2)14-11-7-6-10-13(14)12-8-4-3-5-9-12;;;/h3-8,10-11H,1-2H3;2*1H;/q;;;+2/p-2. The van der Waals surface area contributed by atoms with Gasteiger partial charge >= 0.3 is 108 Å². The number of hydrogen-bond donors (Lipinski definition) is 0. The largest absolute Gasteiger partial charge is 1.00 e. The van der Waals surface area contributed by atoms with Crippen LogP contribution >= 0.6 is 0 Å². The third kappa shape index (κ3) is 3.74. The van der Waals surface area contributed by atoms with E-state index in [1.54, 1.807) is 0 Å². The molecule has 0 fully saturated rings. The third-order valence-electron chi connectivity index (χ3n) is 2.52. The van der Waals surface area contributed by atoms with Crippen LogP contribution in [-0.4, -0.2) is 14.1 Å². The number of hydrogen-bond acceptors (Lipinski definition) is 1. The zero-order chi connectivity index (χ0) is 11.5. The van der Waals surface area contributed by atoms with Crippen molar-refractivity contribution in [2.75, 3.05) is 19.0 Å². The van der Waals surface area contributed by atoms with Gasteiger partial charge in [-0.05, 0) is 0 Å². The van der Waals surface area contributed by atoms with E-state index >= 15 is 0 Å². The molecule has 0 heterocycles. The van der Waals surface area contributed by atoms with Crippen molar-refractivity contribution in [1.82, 2.24) is 0 Å². The van der Waals surface area contributed by atoms with Crippen molar-refractivity contribution in [3.63, 3.8) is 0 Å². The van der Waals surface area contributed by atoms with Gasteiger partial charge in [-0.3, -0.25) is 0 Å². The van der Waals surface area contributed by atoms with Gasteiger partial charge in [0.15, 0.2) is 0 Å². The number of benzene rings is 2. The number of anilines is 1. The zero-order valence-electron chi connectivity index (χ0n) is 10.1. The molecular weight excluding hydrogens is 359 g/mol. The van der Waals surface area contributed by atoms with E-state index in [1.165, 1.54) is 20.9 Å². The first-order valence-electron chi connectivity index (χ1n) is 5.18. The van der Waals surface area contributed by atoms with E-state index in [-0.39, 0.29) is 24.8 Å². The molecule has 0 aliphatic carbocycles. The summed E-state index contributed by atoms with van der Waals surface area (Å²) in [6, 6.07) is 16.8. The second-order valence-corrected chi connectivity index (χ2v) is 4.70. The minimum atomic E-state index is 0. The summed E-state index contributed by atoms with van der Waals surface area (Å²) in [5.74, 6) is 0. The Labute approximate surface area is 132 Å². The molecule has 99 valence electrons. The van der Waals surface area contributed by atoms with Gasteiger partial charge in [0.25, 0.3) is 0 Å². The van der Waals surface area contributed by atoms with Crippen LogP contribution in [0.25, 0.3) is 11.1 Å². The Bertz CT molecular complexity index is 501. The Morgan fingerprint density at radius 2 is 1.28 bits per heavy atom. The first-order chi connectivity index (χ1) is 7.70. The van der Waals surface area contributed by atoms with Gasteiger partial charge in [-0.2, -0.15) is 0 Å². The van der Waals surface area contributed by atoms with Crippen molar-refractivity contribution in [3.05, 3.63) is 48.5 Å². The van der Waals surface area contributed by atoms with Gasteiger partial charge in [0.05, 0.1) is 0 Å². The van der Waals surface area contributed by atoms with Gasteiger partial charge in [-0.25, -0.2) is 0 Å². The Kier molecular flexibility index (Phi) is 7.59. The molecule has 0 N–H and O–H groups in total. The average Bonchev–Trinajstić information content (AvgIpc) is 2.29. The monoisotopic (exact) mass is 372 g/mol. The maximum absolute atomic E-state index is 3.31. The van der Waals surface area contributed by atoms with Crippen LogP contribution < -0.4 is 33.8 Å². The van der Waals surface area contributed by atoms with Crippen LogP contribution in [0.5, 0.6) is 0 Å². The molecule has 18 heavy (non-hydrogen) atoms. The molecule has 0 amide bonds. The van der Waals surface area contributed by atoms with E-state index in [0.29, 0.717) is 0 Å². The minimum Gasteiger partial charge on any atom is -1.00 e. The van der Waals surface area contributed by atoms with E-state index in [2.05, 4.69) is 80.7 Å². The minimum absolute atomic E-state index is 0. The molecule has 2 aromatic rings. The molecule has 0 aliphatic rings. The van der Waals surface area contributed by atoms with Gasteiger partial charge in [0, 0.05) is 0 Å². The SMILES string of the molecule is CN(C)c1ccccc1-c1cccc[c]1[Pd+2].[Cl-].[Cl-]. The Hall–Kier alpha value is -0.518. The van der Waals surface area contributed by atoms with E-state index in [9.17, 15) is 0 Å². The molecule has 0 atom stereocenters. The van der Waals surface area contributed by atoms with Gasteiger partial charge in [-0.15, -0.1) is 0 Å². The number of para-hydroxylation sites is 1. The summed E-state index contributed by atoms with van der Waals surface area (Å²) in [5.41, 5.74) is 3.74. The predicted molar refractivity (Wildman–Crippen MR) is 65.8 cm³/mol. The Morgan fingerprint density at radius 3 is 1.83 bits per heavy atom. The van der Waals surface area contributed by atoms with E-state index in [4.69, 9.17) is 0 Å². The Morgan fingerprint density at radius 1 is 0.778 bits per heavy atom. The average molecular weight is 374 g/mol. The quantitative estimate of drug-likeness (QED) is 0.496. The van der Waals surface area contributed by atoms with Crippen molar-refractivity contribution in [3.8, 4) is 11.1 Å². The van der Waals surface area contributed by atoms with Gasteiger partial charge in [0.2, 0.25) is 0 Å². The topological polar surface area (TPSA) is 3.24 Å². The molecule has 0 aliphatic heterocycles. The molecule has 1 nitrogen and oxygen atoms in total. The summed E-state index contributed by atoms with van der Waals surface area (Å²) in [4.78, 5) is 2.14. The van der Waals surface area contributed by atoms with Crippen LogP contribution in [0, 0.1) is 0 Å². The molecule has 2 aromatic carbocycles. The van der Waals surface area contributed by atoms with Crippen molar-refractivity contribution >= 4 is 9.72 Å². The third-order valence-corrected chi connectivity index (χ3v) is 3.20. The molecule has 0 radical (unpaired) electrons. The van der Waals surface area contributed by atoms with Crippen molar-refractivity contribution in [1.29, 1.82) is 0 Å². The second-order valence-electron chi connectivity index (χ2n) is 3.86. The maximum Gasteiger partial charge on any atom is -1.00 e. The first kappa shape index (κ1) is 17.5. The summed E-state index contributed by atoms with van der Waals surface area (Å²) >= 11 is 3.31. The molecule has 0 bridgehead atoms. The molecule has 2 rings (SSSR count). The van der Waals surface area contributed by atoms with Gasteiger partial charge in [0.1, 0.15) is 0 Å². The maximum atomic E-state index is 3.31. The van der Waals surface area contributed by atoms with E-state index < -0.39 is 0 Å². The van der Waals surface area contributed by atoms with E-state index in [0.717, 1.165) is 0 Å². The fourth-order valence-electron chi connectivity index (χ4n) is 1.75. The van der Waals surface area contributed by atoms with Gasteiger partial charge in [-0.1, -0.05) is 0 Å². The number of halogens is 2. The summed E-state index contributed by atoms with van der Waals surface area (Å²) in [5, 5.41) is 0. The van der Waals surface area contributed by atoms with Crippen molar-refractivity contribution < 1.29 is 44.0 Å². The normalized spacial score (nSPS) is 9.06. The van der Waals surface area contributed by atoms with Crippen LogP contribution in [0.4, 0.5) is 5.69 Å². The predicted octanol–water partition coefficient (Wildman–Crippen LogP) is -3.40. The van der Waals surface area contributed by atoms with Crippen molar-refractivity contribution in [2.24, 2.45) is 0 Å². The molecule has 4 heteroatoms. The molecular formula is C14H14Cl2NPd. The first-order valence-corrected chi connectivity index (χ1v) is 5.96. The van der Waals surface area contributed by atoms with Crippen LogP contribution in [0.2, 0.25) is 0 Å². The van der Waals surface area contributed by atoms with Crippen LogP contribution in [0.1, 0.15) is 0 Å².